The minimum atomic E-state index is -0.0392. The van der Waals surface area contributed by atoms with Crippen molar-refractivity contribution >= 4 is 38.3 Å². The third kappa shape index (κ3) is 5.39. The lowest BCUT2D eigenvalue weighted by Crippen LogP contribution is -2.30. The Morgan fingerprint density at radius 1 is 0.886 bits per heavy atom. The van der Waals surface area contributed by atoms with Crippen molar-refractivity contribution in [3.05, 3.63) is 60.9 Å². The number of carbonyl (C=O) groups excluding carboxylic acids is 1. The first-order valence-corrected chi connectivity index (χ1v) is 13.7. The molecule has 4 aromatic rings. The molecule has 3 heteroatoms. The quantitative estimate of drug-likeness (QED) is 0.139. The lowest BCUT2D eigenvalue weighted by molar-refractivity contribution is -0.151. The van der Waals surface area contributed by atoms with Crippen LogP contribution < -0.4 is 0 Å². The first kappa shape index (κ1) is 23.9. The second-order valence-corrected chi connectivity index (χ2v) is 10.7. The molecule has 1 aliphatic rings. The maximum atomic E-state index is 13.1. The third-order valence-corrected chi connectivity index (χ3v) is 8.18. The van der Waals surface area contributed by atoms with Gasteiger partial charge in [0.1, 0.15) is 0 Å². The van der Waals surface area contributed by atoms with Crippen molar-refractivity contribution in [2.45, 2.75) is 77.7 Å². The van der Waals surface area contributed by atoms with Gasteiger partial charge >= 0.3 is 5.97 Å². The van der Waals surface area contributed by atoms with Gasteiger partial charge in [-0.05, 0) is 81.8 Å². The molecule has 184 valence electrons. The first-order valence-electron chi connectivity index (χ1n) is 13.7. The molecule has 0 unspecified atom stereocenters. The lowest BCUT2D eigenvalue weighted by Gasteiger charge is -2.31. The van der Waals surface area contributed by atoms with Crippen LogP contribution in [0.3, 0.4) is 0 Å². The summed E-state index contributed by atoms with van der Waals surface area (Å²) in [5.41, 5.74) is 0. The van der Waals surface area contributed by atoms with Crippen molar-refractivity contribution in [3.8, 4) is 0 Å². The monoisotopic (exact) mass is 469 g/mol. The highest BCUT2D eigenvalue weighted by Gasteiger charge is 2.33. The molecule has 35 heavy (non-hydrogen) atoms. The normalized spacial score (nSPS) is 19.4. The molecule has 0 N–H and O–H groups in total. The first-order chi connectivity index (χ1) is 17.1. The number of esters is 1. The zero-order chi connectivity index (χ0) is 24.2. The van der Waals surface area contributed by atoms with E-state index in [-0.39, 0.29) is 17.9 Å². The van der Waals surface area contributed by atoms with E-state index in [2.05, 4.69) is 79.3 Å². The number of ether oxygens (including phenoxy) is 1. The molecule has 5 rings (SSSR count). The fraction of sp³-hybridized carbons (Fsp3) is 0.469. The van der Waals surface area contributed by atoms with Crippen LogP contribution in [0.15, 0.2) is 60.9 Å². The van der Waals surface area contributed by atoms with E-state index in [1.807, 2.05) is 0 Å². The van der Waals surface area contributed by atoms with Gasteiger partial charge in [-0.3, -0.25) is 4.79 Å². The van der Waals surface area contributed by atoms with Crippen LogP contribution >= 0.6 is 0 Å². The second-order valence-electron chi connectivity index (χ2n) is 10.7. The summed E-state index contributed by atoms with van der Waals surface area (Å²) < 4.78 is 8.10. The van der Waals surface area contributed by atoms with E-state index in [1.165, 1.54) is 58.0 Å². The van der Waals surface area contributed by atoms with E-state index in [9.17, 15) is 4.79 Å². The Morgan fingerprint density at radius 3 is 2.17 bits per heavy atom. The predicted molar refractivity (Wildman–Crippen MR) is 147 cm³/mol. The Morgan fingerprint density at radius 2 is 1.51 bits per heavy atom. The van der Waals surface area contributed by atoms with E-state index in [1.54, 1.807) is 0 Å². The summed E-state index contributed by atoms with van der Waals surface area (Å²) >= 11 is 0. The topological polar surface area (TPSA) is 31.2 Å². The van der Waals surface area contributed by atoms with Gasteiger partial charge < -0.3 is 9.30 Å². The molecule has 0 radical (unpaired) electrons. The van der Waals surface area contributed by atoms with Crippen LogP contribution in [0.2, 0.25) is 0 Å². The average molecular weight is 470 g/mol. The smallest absolute Gasteiger partial charge is 0.311 e. The number of benzene rings is 3. The summed E-state index contributed by atoms with van der Waals surface area (Å²) in [6.07, 6.45) is 14.6. The lowest BCUT2D eigenvalue weighted by atomic mass is 9.84. The zero-order valence-corrected chi connectivity index (χ0v) is 21.3. The molecular formula is C32H39NO2. The van der Waals surface area contributed by atoms with E-state index in [4.69, 9.17) is 4.74 Å². The van der Waals surface area contributed by atoms with Crippen molar-refractivity contribution in [1.82, 2.24) is 4.57 Å². The van der Waals surface area contributed by atoms with E-state index in [0.717, 1.165) is 38.0 Å². The Bertz CT molecular complexity index is 1230. The van der Waals surface area contributed by atoms with Gasteiger partial charge in [0, 0.05) is 18.4 Å². The van der Waals surface area contributed by atoms with Gasteiger partial charge in [0.15, 0.2) is 0 Å². The van der Waals surface area contributed by atoms with Crippen molar-refractivity contribution in [2.24, 2.45) is 11.8 Å². The van der Waals surface area contributed by atoms with Crippen LogP contribution in [0.25, 0.3) is 32.3 Å². The molecule has 0 aliphatic heterocycles. The van der Waals surface area contributed by atoms with Gasteiger partial charge in [-0.1, -0.05) is 76.6 Å². The Hall–Kier alpha value is -2.81. The summed E-state index contributed by atoms with van der Waals surface area (Å²) in [7, 11) is 0. The molecule has 1 aliphatic carbocycles. The van der Waals surface area contributed by atoms with Crippen molar-refractivity contribution in [1.29, 1.82) is 0 Å². The van der Waals surface area contributed by atoms with Crippen LogP contribution in [0.1, 0.15) is 77.7 Å². The van der Waals surface area contributed by atoms with E-state index in [0.29, 0.717) is 6.61 Å². The van der Waals surface area contributed by atoms with E-state index < -0.39 is 0 Å². The van der Waals surface area contributed by atoms with Crippen LogP contribution in [0.5, 0.6) is 0 Å². The summed E-state index contributed by atoms with van der Waals surface area (Å²) in [4.78, 5) is 13.1. The average Bonchev–Trinajstić information content (AvgIpc) is 3.30. The Labute approximate surface area is 209 Å². The number of hydrogen-bond donors (Lipinski definition) is 0. The Balaban J connectivity index is 1.29. The van der Waals surface area contributed by atoms with Gasteiger partial charge in [-0.15, -0.1) is 0 Å². The molecule has 0 spiro atoms. The molecule has 0 bridgehead atoms. The number of nitrogens with zero attached hydrogens (tertiary/aromatic N) is 1. The minimum Gasteiger partial charge on any atom is -0.465 e. The molecule has 3 aromatic carbocycles. The van der Waals surface area contributed by atoms with Crippen molar-refractivity contribution < 1.29 is 9.53 Å². The van der Waals surface area contributed by atoms with Gasteiger partial charge in [-0.25, -0.2) is 0 Å². The van der Waals surface area contributed by atoms with Crippen LogP contribution in [0, 0.1) is 11.8 Å². The molecule has 1 heterocycles. The maximum absolute atomic E-state index is 13.1. The van der Waals surface area contributed by atoms with Gasteiger partial charge in [-0.2, -0.15) is 0 Å². The number of carbonyl (C=O) groups is 1. The number of hydrogen-bond acceptors (Lipinski definition) is 2. The summed E-state index contributed by atoms with van der Waals surface area (Å²) in [6.45, 7) is 5.14. The third-order valence-electron chi connectivity index (χ3n) is 8.18. The molecular weight excluding hydrogens is 430 g/mol. The molecule has 1 saturated carbocycles. The second kappa shape index (κ2) is 10.8. The largest absolute Gasteiger partial charge is 0.465 e. The number of rotatable bonds is 9. The van der Waals surface area contributed by atoms with Crippen LogP contribution in [-0.2, 0) is 9.53 Å². The summed E-state index contributed by atoms with van der Waals surface area (Å²) in [5.74, 6) is 0.766. The van der Waals surface area contributed by atoms with E-state index >= 15 is 0 Å². The van der Waals surface area contributed by atoms with Crippen molar-refractivity contribution in [3.63, 3.8) is 0 Å². The molecule has 3 nitrogen and oxygen atoms in total. The van der Waals surface area contributed by atoms with Crippen LogP contribution in [0.4, 0.5) is 0 Å². The summed E-state index contributed by atoms with van der Waals surface area (Å²) in [5, 5.41) is 7.56. The van der Waals surface area contributed by atoms with Gasteiger partial charge in [0.2, 0.25) is 0 Å². The maximum Gasteiger partial charge on any atom is 0.311 e. The fourth-order valence-corrected chi connectivity index (χ4v) is 5.80. The SMILES string of the molecule is CC[C@H](C)CCCCCOC(=O)[C@@H]1CCCC[C@H]1n1cc2cc3cc4ccccc4cc3cc2c1. The molecule has 1 fully saturated rings. The highest BCUT2D eigenvalue weighted by atomic mass is 16.5. The Kier molecular flexibility index (Phi) is 7.41. The summed E-state index contributed by atoms with van der Waals surface area (Å²) in [6, 6.07) is 17.9. The minimum absolute atomic E-state index is 0.00536. The molecule has 1 aromatic heterocycles. The number of aromatic nitrogens is 1. The predicted octanol–water partition coefficient (Wildman–Crippen LogP) is 8.83. The van der Waals surface area contributed by atoms with Gasteiger partial charge in [0.25, 0.3) is 0 Å². The van der Waals surface area contributed by atoms with Gasteiger partial charge in [0.05, 0.1) is 12.5 Å². The molecule has 3 atom stereocenters. The number of fused-ring (bicyclic) bond motifs is 3. The standard InChI is InChI=1S/C32H39NO2/c1-3-23(2)11-5-4-10-16-35-32(34)30-14-8-9-15-31(30)33-21-28-19-26-17-24-12-6-7-13-25(24)18-27(26)20-29(28)22-33/h6-7,12-13,17-23,30-31H,3-5,8-11,14-16H2,1-2H3/t23-,30+,31+/m0/s1. The fourth-order valence-electron chi connectivity index (χ4n) is 5.80. The van der Waals surface area contributed by atoms with Crippen LogP contribution in [-0.4, -0.2) is 17.1 Å². The highest BCUT2D eigenvalue weighted by molar-refractivity contribution is 6.04. The molecule has 0 amide bonds. The van der Waals surface area contributed by atoms with Crippen molar-refractivity contribution in [2.75, 3.05) is 6.61 Å². The number of unbranched alkanes of at least 4 members (excludes halogenated alkanes) is 2. The molecule has 0 saturated heterocycles. The zero-order valence-electron chi connectivity index (χ0n) is 21.3. The highest BCUT2D eigenvalue weighted by Crippen LogP contribution is 2.37.